The summed E-state index contributed by atoms with van der Waals surface area (Å²) in [7, 11) is 3.21. The first-order valence-corrected chi connectivity index (χ1v) is 8.40. The van der Waals surface area contributed by atoms with Crippen LogP contribution >= 0.6 is 11.3 Å². The number of aromatic nitrogens is 1. The van der Waals surface area contributed by atoms with Gasteiger partial charge in [-0.25, -0.2) is 4.98 Å². The highest BCUT2D eigenvalue weighted by atomic mass is 32.1. The molecule has 0 unspecified atom stereocenters. The minimum absolute atomic E-state index is 0.194. The molecule has 0 bridgehead atoms. The summed E-state index contributed by atoms with van der Waals surface area (Å²) in [6.45, 7) is 1.80. The second-order valence-electron chi connectivity index (χ2n) is 5.16. The smallest absolute Gasteiger partial charge is 0.256 e. The van der Waals surface area contributed by atoms with E-state index in [1.165, 1.54) is 11.3 Å². The molecule has 0 spiro atoms. The molecule has 0 saturated carbocycles. The zero-order chi connectivity index (χ0) is 16.9. The summed E-state index contributed by atoms with van der Waals surface area (Å²) >= 11 is 1.35. The van der Waals surface area contributed by atoms with Crippen molar-refractivity contribution in [3.05, 3.63) is 23.6 Å². The number of anilines is 1. The van der Waals surface area contributed by atoms with Crippen LogP contribution < -0.4 is 20.1 Å². The van der Waals surface area contributed by atoms with Gasteiger partial charge < -0.3 is 19.5 Å². The number of thiazole rings is 1. The summed E-state index contributed by atoms with van der Waals surface area (Å²) in [5.41, 5.74) is 1.53. The molecule has 7 nitrogen and oxygen atoms in total. The van der Waals surface area contributed by atoms with Gasteiger partial charge in [0, 0.05) is 24.0 Å². The lowest BCUT2D eigenvalue weighted by molar-refractivity contribution is -0.128. The number of ether oxygens (including phenoxy) is 3. The first kappa shape index (κ1) is 16.7. The molecule has 1 amide bonds. The van der Waals surface area contributed by atoms with Crippen LogP contribution in [0.25, 0.3) is 11.3 Å². The van der Waals surface area contributed by atoms with Gasteiger partial charge in [0.05, 0.1) is 26.5 Å². The van der Waals surface area contributed by atoms with Crippen LogP contribution in [0.2, 0.25) is 0 Å². The van der Waals surface area contributed by atoms with E-state index in [0.717, 1.165) is 12.1 Å². The van der Waals surface area contributed by atoms with Crippen molar-refractivity contribution < 1.29 is 19.0 Å². The molecule has 24 heavy (non-hydrogen) atoms. The Balaban J connectivity index is 1.76. The maximum absolute atomic E-state index is 12.2. The van der Waals surface area contributed by atoms with Crippen LogP contribution in [0.5, 0.6) is 11.5 Å². The van der Waals surface area contributed by atoms with E-state index in [-0.39, 0.29) is 5.91 Å². The summed E-state index contributed by atoms with van der Waals surface area (Å²) < 4.78 is 16.1. The van der Waals surface area contributed by atoms with Crippen LogP contribution in [0.1, 0.15) is 0 Å². The number of benzene rings is 1. The Morgan fingerprint density at radius 1 is 1.42 bits per heavy atom. The van der Waals surface area contributed by atoms with E-state index in [4.69, 9.17) is 14.2 Å². The highest BCUT2D eigenvalue weighted by Crippen LogP contribution is 2.35. The standard InChI is InChI=1S/C16H19N3O4S/c1-21-10-3-4-13(22-2)11(7-10)12-9-24-16(18-12)19-15(20)14-8-17-5-6-23-14/h3-4,7,9,14,17H,5-6,8H2,1-2H3,(H,18,19,20)/t14-/m1/s1. The third-order valence-corrected chi connectivity index (χ3v) is 4.39. The van der Waals surface area contributed by atoms with Crippen molar-refractivity contribution in [2.24, 2.45) is 0 Å². The summed E-state index contributed by atoms with van der Waals surface area (Å²) in [5.74, 6) is 1.21. The normalized spacial score (nSPS) is 17.3. The fourth-order valence-electron chi connectivity index (χ4n) is 2.39. The summed E-state index contributed by atoms with van der Waals surface area (Å²) in [6, 6.07) is 5.51. The number of methoxy groups -OCH3 is 2. The van der Waals surface area contributed by atoms with Crippen molar-refractivity contribution in [2.45, 2.75) is 6.10 Å². The molecule has 0 aliphatic carbocycles. The van der Waals surface area contributed by atoms with E-state index in [1.54, 1.807) is 14.2 Å². The number of carbonyl (C=O) groups is 1. The van der Waals surface area contributed by atoms with Gasteiger partial charge in [-0.05, 0) is 18.2 Å². The van der Waals surface area contributed by atoms with Gasteiger partial charge in [-0.1, -0.05) is 0 Å². The lowest BCUT2D eigenvalue weighted by Gasteiger charge is -2.22. The van der Waals surface area contributed by atoms with Gasteiger partial charge in [0.2, 0.25) is 0 Å². The maximum Gasteiger partial charge on any atom is 0.256 e. The zero-order valence-corrected chi connectivity index (χ0v) is 14.3. The highest BCUT2D eigenvalue weighted by Gasteiger charge is 2.23. The average molecular weight is 349 g/mol. The van der Waals surface area contributed by atoms with Crippen LogP contribution in [-0.4, -0.2) is 50.9 Å². The van der Waals surface area contributed by atoms with E-state index in [2.05, 4.69) is 15.6 Å². The van der Waals surface area contributed by atoms with Gasteiger partial charge in [-0.3, -0.25) is 10.1 Å². The topological polar surface area (TPSA) is 81.7 Å². The Morgan fingerprint density at radius 2 is 2.29 bits per heavy atom. The minimum atomic E-state index is -0.488. The predicted octanol–water partition coefficient (Wildman–Crippen LogP) is 1.75. The minimum Gasteiger partial charge on any atom is -0.497 e. The molecular formula is C16H19N3O4S. The Morgan fingerprint density at radius 3 is 3.00 bits per heavy atom. The quantitative estimate of drug-likeness (QED) is 0.856. The van der Waals surface area contributed by atoms with Crippen molar-refractivity contribution in [1.82, 2.24) is 10.3 Å². The predicted molar refractivity (Wildman–Crippen MR) is 91.9 cm³/mol. The van der Waals surface area contributed by atoms with Crippen molar-refractivity contribution >= 4 is 22.4 Å². The van der Waals surface area contributed by atoms with E-state index in [0.29, 0.717) is 35.5 Å². The van der Waals surface area contributed by atoms with Gasteiger partial charge in [0.25, 0.3) is 5.91 Å². The fourth-order valence-corrected chi connectivity index (χ4v) is 3.10. The molecule has 1 aromatic heterocycles. The van der Waals surface area contributed by atoms with Gasteiger partial charge in [-0.2, -0.15) is 0 Å². The lowest BCUT2D eigenvalue weighted by atomic mass is 10.1. The number of nitrogens with one attached hydrogen (secondary N) is 2. The number of hydrogen-bond acceptors (Lipinski definition) is 7. The molecule has 2 heterocycles. The number of nitrogens with zero attached hydrogens (tertiary/aromatic N) is 1. The Kier molecular flexibility index (Phi) is 5.29. The van der Waals surface area contributed by atoms with Crippen LogP contribution in [-0.2, 0) is 9.53 Å². The van der Waals surface area contributed by atoms with E-state index in [9.17, 15) is 4.79 Å². The lowest BCUT2D eigenvalue weighted by Crippen LogP contribution is -2.45. The molecule has 128 valence electrons. The number of amides is 1. The van der Waals surface area contributed by atoms with Gasteiger partial charge in [0.1, 0.15) is 17.6 Å². The third-order valence-electron chi connectivity index (χ3n) is 3.64. The van der Waals surface area contributed by atoms with Crippen LogP contribution in [0.3, 0.4) is 0 Å². The molecule has 1 fully saturated rings. The Hall–Kier alpha value is -2.16. The highest BCUT2D eigenvalue weighted by molar-refractivity contribution is 7.14. The van der Waals surface area contributed by atoms with Gasteiger partial charge in [-0.15, -0.1) is 11.3 Å². The average Bonchev–Trinajstić information content (AvgIpc) is 3.10. The van der Waals surface area contributed by atoms with Crippen molar-refractivity contribution in [3.8, 4) is 22.8 Å². The second-order valence-corrected chi connectivity index (χ2v) is 6.02. The Labute approximate surface area is 143 Å². The van der Waals surface area contributed by atoms with Gasteiger partial charge in [0.15, 0.2) is 5.13 Å². The number of hydrogen-bond donors (Lipinski definition) is 2. The SMILES string of the molecule is COc1ccc(OC)c(-c2csc(NC(=O)[C@H]3CNCCO3)n2)c1. The molecule has 1 atom stereocenters. The first-order chi connectivity index (χ1) is 11.7. The molecule has 2 N–H and O–H groups in total. The van der Waals surface area contributed by atoms with Crippen LogP contribution in [0.15, 0.2) is 23.6 Å². The van der Waals surface area contributed by atoms with Crippen LogP contribution in [0.4, 0.5) is 5.13 Å². The summed E-state index contributed by atoms with van der Waals surface area (Å²) in [4.78, 5) is 16.7. The summed E-state index contributed by atoms with van der Waals surface area (Å²) in [6.07, 6.45) is -0.488. The molecule has 2 aromatic rings. The molecular weight excluding hydrogens is 330 g/mol. The van der Waals surface area contributed by atoms with Crippen molar-refractivity contribution in [2.75, 3.05) is 39.2 Å². The molecule has 1 aliphatic heterocycles. The summed E-state index contributed by atoms with van der Waals surface area (Å²) in [5, 5.41) is 8.32. The van der Waals surface area contributed by atoms with E-state index < -0.39 is 6.10 Å². The van der Waals surface area contributed by atoms with E-state index in [1.807, 2.05) is 23.6 Å². The van der Waals surface area contributed by atoms with E-state index >= 15 is 0 Å². The van der Waals surface area contributed by atoms with Crippen molar-refractivity contribution in [3.63, 3.8) is 0 Å². The Bertz CT molecular complexity index is 713. The molecule has 1 aliphatic rings. The molecule has 3 rings (SSSR count). The third kappa shape index (κ3) is 3.66. The largest absolute Gasteiger partial charge is 0.497 e. The number of rotatable bonds is 5. The molecule has 1 aromatic carbocycles. The maximum atomic E-state index is 12.2. The fraction of sp³-hybridized carbons (Fsp3) is 0.375. The molecule has 8 heteroatoms. The monoisotopic (exact) mass is 349 g/mol. The van der Waals surface area contributed by atoms with Crippen molar-refractivity contribution in [1.29, 1.82) is 0 Å². The second kappa shape index (κ2) is 7.61. The molecule has 0 radical (unpaired) electrons. The number of carbonyl (C=O) groups excluding carboxylic acids is 1. The molecule has 1 saturated heterocycles. The van der Waals surface area contributed by atoms with Gasteiger partial charge >= 0.3 is 0 Å². The van der Waals surface area contributed by atoms with Crippen LogP contribution in [0, 0.1) is 0 Å². The number of morpholine rings is 1. The first-order valence-electron chi connectivity index (χ1n) is 7.52. The zero-order valence-electron chi connectivity index (χ0n) is 13.5.